The first-order valence-electron chi connectivity index (χ1n) is 11.4. The molecule has 0 aliphatic carbocycles. The van der Waals surface area contributed by atoms with Crippen LogP contribution in [0.2, 0.25) is 5.02 Å². The van der Waals surface area contributed by atoms with Gasteiger partial charge in [-0.1, -0.05) is 23.7 Å². The molecule has 35 heavy (non-hydrogen) atoms. The van der Waals surface area contributed by atoms with E-state index in [1.165, 1.54) is 23.7 Å². The number of fused-ring (bicyclic) bond motifs is 1. The molecule has 1 aliphatic rings. The van der Waals surface area contributed by atoms with Crippen molar-refractivity contribution in [2.24, 2.45) is 14.1 Å². The van der Waals surface area contributed by atoms with Crippen molar-refractivity contribution >= 4 is 28.5 Å². The fraction of sp³-hybridized carbons (Fsp3) is 0.320. The molecule has 8 nitrogen and oxygen atoms in total. The number of anilines is 1. The molecule has 10 heteroatoms. The topological polar surface area (TPSA) is 68.3 Å². The molecule has 2 aromatic heterocycles. The SMILES string of the molecule is Cn1c(=O)c2c(nc(CN3CCN(c4ccc(F)cc4)CC3)n2Cc2cccc(Cl)c2)n(C)c1=O. The van der Waals surface area contributed by atoms with Gasteiger partial charge in [0.25, 0.3) is 5.56 Å². The second kappa shape index (κ2) is 9.31. The van der Waals surface area contributed by atoms with Crippen molar-refractivity contribution in [1.82, 2.24) is 23.6 Å². The third-order valence-corrected chi connectivity index (χ3v) is 6.82. The molecule has 1 saturated heterocycles. The molecule has 3 heterocycles. The lowest BCUT2D eigenvalue weighted by Gasteiger charge is -2.36. The highest BCUT2D eigenvalue weighted by Crippen LogP contribution is 2.20. The van der Waals surface area contributed by atoms with Crippen LogP contribution in [0.15, 0.2) is 58.1 Å². The van der Waals surface area contributed by atoms with E-state index in [-0.39, 0.29) is 11.4 Å². The quantitative estimate of drug-likeness (QED) is 0.425. The molecule has 0 radical (unpaired) electrons. The largest absolute Gasteiger partial charge is 0.369 e. The Morgan fingerprint density at radius 2 is 1.66 bits per heavy atom. The summed E-state index contributed by atoms with van der Waals surface area (Å²) >= 11 is 6.20. The van der Waals surface area contributed by atoms with Gasteiger partial charge in [-0.3, -0.25) is 18.8 Å². The molecule has 0 atom stereocenters. The number of rotatable bonds is 5. The summed E-state index contributed by atoms with van der Waals surface area (Å²) in [6.07, 6.45) is 0. The van der Waals surface area contributed by atoms with Crippen LogP contribution in [0.5, 0.6) is 0 Å². The summed E-state index contributed by atoms with van der Waals surface area (Å²) in [4.78, 5) is 34.9. The number of imidazole rings is 1. The standard InChI is InChI=1S/C25H26ClFN6O2/c1-29-23-22(24(34)30(2)25(29)35)33(15-17-4-3-5-18(26)14-17)21(28-23)16-31-10-12-32(13-11-31)20-8-6-19(27)7-9-20/h3-9,14H,10-13,15-16H2,1-2H3. The molecule has 0 bridgehead atoms. The molecule has 5 rings (SSSR count). The normalized spacial score (nSPS) is 14.7. The summed E-state index contributed by atoms with van der Waals surface area (Å²) < 4.78 is 17.7. The molecule has 2 aromatic carbocycles. The Labute approximate surface area is 206 Å². The molecular weight excluding hydrogens is 471 g/mol. The van der Waals surface area contributed by atoms with Gasteiger partial charge in [-0.05, 0) is 42.0 Å². The van der Waals surface area contributed by atoms with E-state index in [1.54, 1.807) is 25.2 Å². The first-order valence-corrected chi connectivity index (χ1v) is 11.8. The van der Waals surface area contributed by atoms with Gasteiger partial charge in [0.1, 0.15) is 11.6 Å². The number of piperazine rings is 1. The average molecular weight is 497 g/mol. The highest BCUT2D eigenvalue weighted by atomic mass is 35.5. The van der Waals surface area contributed by atoms with Crippen LogP contribution in [-0.2, 0) is 27.2 Å². The van der Waals surface area contributed by atoms with Crippen molar-refractivity contribution in [2.45, 2.75) is 13.1 Å². The van der Waals surface area contributed by atoms with E-state index >= 15 is 0 Å². The average Bonchev–Trinajstić information content (AvgIpc) is 3.20. The molecule has 0 N–H and O–H groups in total. The second-order valence-corrected chi connectivity index (χ2v) is 9.30. The van der Waals surface area contributed by atoms with Crippen LogP contribution >= 0.6 is 11.6 Å². The van der Waals surface area contributed by atoms with E-state index in [2.05, 4.69) is 9.80 Å². The predicted octanol–water partition coefficient (Wildman–Crippen LogP) is 2.60. The summed E-state index contributed by atoms with van der Waals surface area (Å²) in [6, 6.07) is 14.0. The third-order valence-electron chi connectivity index (χ3n) is 6.59. The van der Waals surface area contributed by atoms with Gasteiger partial charge in [0.2, 0.25) is 0 Å². The number of hydrogen-bond acceptors (Lipinski definition) is 5. The van der Waals surface area contributed by atoms with Crippen molar-refractivity contribution in [3.8, 4) is 0 Å². The van der Waals surface area contributed by atoms with Crippen LogP contribution in [-0.4, -0.2) is 49.8 Å². The van der Waals surface area contributed by atoms with E-state index in [0.29, 0.717) is 35.1 Å². The van der Waals surface area contributed by atoms with Gasteiger partial charge in [0.15, 0.2) is 11.2 Å². The Morgan fingerprint density at radius 3 is 2.34 bits per heavy atom. The lowest BCUT2D eigenvalue weighted by molar-refractivity contribution is 0.241. The third kappa shape index (κ3) is 4.49. The van der Waals surface area contributed by atoms with Crippen molar-refractivity contribution in [3.05, 3.63) is 91.6 Å². The molecule has 1 fully saturated rings. The number of aromatic nitrogens is 4. The summed E-state index contributed by atoms with van der Waals surface area (Å²) in [5.74, 6) is 0.472. The van der Waals surface area contributed by atoms with Crippen LogP contribution in [0.3, 0.4) is 0 Å². The maximum Gasteiger partial charge on any atom is 0.332 e. The zero-order valence-electron chi connectivity index (χ0n) is 19.6. The van der Waals surface area contributed by atoms with Crippen LogP contribution < -0.4 is 16.1 Å². The smallest absolute Gasteiger partial charge is 0.332 e. The van der Waals surface area contributed by atoms with Crippen LogP contribution in [0.1, 0.15) is 11.4 Å². The van der Waals surface area contributed by atoms with Gasteiger partial charge in [0, 0.05) is 57.5 Å². The van der Waals surface area contributed by atoms with Gasteiger partial charge >= 0.3 is 5.69 Å². The van der Waals surface area contributed by atoms with Gasteiger partial charge in [-0.15, -0.1) is 0 Å². The number of halogens is 2. The number of aryl methyl sites for hydroxylation is 1. The summed E-state index contributed by atoms with van der Waals surface area (Å²) in [5, 5.41) is 0.616. The Balaban J connectivity index is 1.47. The van der Waals surface area contributed by atoms with Crippen LogP contribution in [0.25, 0.3) is 11.2 Å². The Hall–Kier alpha value is -3.43. The van der Waals surface area contributed by atoms with E-state index < -0.39 is 5.69 Å². The lowest BCUT2D eigenvalue weighted by Crippen LogP contribution is -2.46. The molecule has 0 spiro atoms. The second-order valence-electron chi connectivity index (χ2n) is 8.86. The summed E-state index contributed by atoms with van der Waals surface area (Å²) in [5.41, 5.74) is 1.93. The lowest BCUT2D eigenvalue weighted by atomic mass is 10.2. The van der Waals surface area contributed by atoms with Gasteiger partial charge in [0.05, 0.1) is 6.54 Å². The monoisotopic (exact) mass is 496 g/mol. The molecule has 1 aliphatic heterocycles. The van der Waals surface area contributed by atoms with Crippen LogP contribution in [0.4, 0.5) is 10.1 Å². The van der Waals surface area contributed by atoms with Crippen molar-refractivity contribution in [3.63, 3.8) is 0 Å². The van der Waals surface area contributed by atoms with Crippen molar-refractivity contribution in [2.75, 3.05) is 31.1 Å². The van der Waals surface area contributed by atoms with E-state index in [9.17, 15) is 14.0 Å². The highest BCUT2D eigenvalue weighted by molar-refractivity contribution is 6.30. The molecule has 0 unspecified atom stereocenters. The minimum Gasteiger partial charge on any atom is -0.369 e. The number of nitrogens with zero attached hydrogens (tertiary/aromatic N) is 6. The molecular formula is C25H26ClFN6O2. The fourth-order valence-electron chi connectivity index (χ4n) is 4.62. The van der Waals surface area contributed by atoms with E-state index in [1.807, 2.05) is 22.8 Å². The molecule has 0 saturated carbocycles. The minimum atomic E-state index is -0.408. The molecule has 4 aromatic rings. The first-order chi connectivity index (χ1) is 16.8. The van der Waals surface area contributed by atoms with Gasteiger partial charge in [-0.2, -0.15) is 0 Å². The highest BCUT2D eigenvalue weighted by Gasteiger charge is 2.23. The summed E-state index contributed by atoms with van der Waals surface area (Å²) in [7, 11) is 3.11. The van der Waals surface area contributed by atoms with Crippen molar-refractivity contribution < 1.29 is 4.39 Å². The Kier molecular flexibility index (Phi) is 6.21. The van der Waals surface area contributed by atoms with Crippen molar-refractivity contribution in [1.29, 1.82) is 0 Å². The Morgan fingerprint density at radius 1 is 0.943 bits per heavy atom. The van der Waals surface area contributed by atoms with Crippen LogP contribution in [0, 0.1) is 5.82 Å². The maximum absolute atomic E-state index is 13.3. The zero-order chi connectivity index (χ0) is 24.7. The van der Waals surface area contributed by atoms with E-state index in [4.69, 9.17) is 16.6 Å². The first kappa shape index (κ1) is 23.3. The predicted molar refractivity (Wildman–Crippen MR) is 135 cm³/mol. The molecule has 0 amide bonds. The minimum absolute atomic E-state index is 0.244. The maximum atomic E-state index is 13.3. The van der Waals surface area contributed by atoms with Gasteiger partial charge < -0.3 is 9.47 Å². The zero-order valence-corrected chi connectivity index (χ0v) is 20.4. The number of hydrogen-bond donors (Lipinski definition) is 0. The Bertz CT molecular complexity index is 1500. The number of benzene rings is 2. The van der Waals surface area contributed by atoms with Gasteiger partial charge in [-0.25, -0.2) is 14.2 Å². The molecule has 182 valence electrons. The van der Waals surface area contributed by atoms with E-state index in [0.717, 1.165) is 42.0 Å². The fourth-order valence-corrected chi connectivity index (χ4v) is 4.83. The summed E-state index contributed by atoms with van der Waals surface area (Å²) in [6.45, 7) is 4.10.